The maximum absolute atomic E-state index is 12.0. The van der Waals surface area contributed by atoms with E-state index in [1.165, 1.54) is 5.56 Å². The molecule has 4 heteroatoms. The summed E-state index contributed by atoms with van der Waals surface area (Å²) >= 11 is 1.73. The lowest BCUT2D eigenvalue weighted by atomic mass is 9.90. The van der Waals surface area contributed by atoms with Gasteiger partial charge < -0.3 is 4.98 Å². The van der Waals surface area contributed by atoms with E-state index in [0.717, 1.165) is 48.4 Å². The highest BCUT2D eigenvalue weighted by Crippen LogP contribution is 2.32. The van der Waals surface area contributed by atoms with Crippen LogP contribution in [0.25, 0.3) is 0 Å². The second-order valence-electron chi connectivity index (χ2n) is 6.59. The van der Waals surface area contributed by atoms with E-state index in [4.69, 9.17) is 0 Å². The van der Waals surface area contributed by atoms with Crippen molar-refractivity contribution in [1.82, 2.24) is 4.98 Å². The van der Waals surface area contributed by atoms with Gasteiger partial charge in [-0.3, -0.25) is 4.79 Å². The van der Waals surface area contributed by atoms with E-state index in [1.54, 1.807) is 11.8 Å². The number of rotatable bonds is 3. The Hall–Kier alpha value is -1.21. The number of hydrogen-bond donors (Lipinski definition) is 1. The molecule has 0 aliphatic heterocycles. The summed E-state index contributed by atoms with van der Waals surface area (Å²) < 4.78 is 0. The second-order valence-corrected chi connectivity index (χ2v) is 7.70. The Labute approximate surface area is 124 Å². The van der Waals surface area contributed by atoms with Crippen LogP contribution in [0.15, 0.2) is 9.82 Å². The minimum Gasteiger partial charge on any atom is -0.316 e. The molecule has 1 aromatic rings. The van der Waals surface area contributed by atoms with Crippen LogP contribution in [0.2, 0.25) is 0 Å². The predicted molar refractivity (Wildman–Crippen MR) is 83.2 cm³/mol. The van der Waals surface area contributed by atoms with E-state index in [-0.39, 0.29) is 5.56 Å². The molecule has 1 aliphatic carbocycles. The minimum absolute atomic E-state index is 0.216. The third-order valence-electron chi connectivity index (χ3n) is 3.71. The summed E-state index contributed by atoms with van der Waals surface area (Å²) in [5.74, 6) is 0.998. The van der Waals surface area contributed by atoms with Crippen molar-refractivity contribution < 1.29 is 0 Å². The minimum atomic E-state index is -0.216. The monoisotopic (exact) mass is 290 g/mol. The third-order valence-corrected chi connectivity index (χ3v) is 4.75. The van der Waals surface area contributed by atoms with Gasteiger partial charge in [0.25, 0.3) is 5.56 Å². The van der Waals surface area contributed by atoms with E-state index in [9.17, 15) is 10.1 Å². The van der Waals surface area contributed by atoms with Crippen molar-refractivity contribution in [2.75, 3.05) is 5.75 Å². The first kappa shape index (κ1) is 15.2. The maximum atomic E-state index is 12.0. The SMILES string of the molecule is CC(C)(C)CCSc1[nH]c(=O)c(C#N)c2c1CCCC2. The number of thioether (sulfide) groups is 1. The van der Waals surface area contributed by atoms with Gasteiger partial charge in [-0.25, -0.2) is 0 Å². The van der Waals surface area contributed by atoms with Crippen molar-refractivity contribution >= 4 is 11.8 Å². The molecule has 1 heterocycles. The van der Waals surface area contributed by atoms with Gasteiger partial charge in [-0.15, -0.1) is 11.8 Å². The number of nitrogens with one attached hydrogen (secondary N) is 1. The fraction of sp³-hybridized carbons (Fsp3) is 0.625. The molecule has 0 bridgehead atoms. The van der Waals surface area contributed by atoms with E-state index in [1.807, 2.05) is 0 Å². The van der Waals surface area contributed by atoms with Gasteiger partial charge in [0.2, 0.25) is 0 Å². The van der Waals surface area contributed by atoms with Gasteiger partial charge in [0.1, 0.15) is 11.6 Å². The molecular weight excluding hydrogens is 268 g/mol. The van der Waals surface area contributed by atoms with Crippen LogP contribution in [0.5, 0.6) is 0 Å². The fourth-order valence-electron chi connectivity index (χ4n) is 2.51. The zero-order valence-corrected chi connectivity index (χ0v) is 13.3. The number of aromatic amines is 1. The van der Waals surface area contributed by atoms with Gasteiger partial charge in [-0.1, -0.05) is 20.8 Å². The van der Waals surface area contributed by atoms with E-state index in [0.29, 0.717) is 11.0 Å². The number of H-pyrrole nitrogens is 1. The molecule has 1 N–H and O–H groups in total. The number of hydrogen-bond acceptors (Lipinski definition) is 3. The van der Waals surface area contributed by atoms with Crippen LogP contribution in [0, 0.1) is 16.7 Å². The topological polar surface area (TPSA) is 56.6 Å². The molecule has 20 heavy (non-hydrogen) atoms. The molecule has 1 aliphatic rings. The van der Waals surface area contributed by atoms with Crippen LogP contribution in [0.1, 0.15) is 56.7 Å². The standard InChI is InChI=1S/C16H22N2OS/c1-16(2,3)8-9-20-15-12-7-5-4-6-11(12)13(10-17)14(19)18-15/h4-9H2,1-3H3,(H,18,19). The number of pyridine rings is 1. The summed E-state index contributed by atoms with van der Waals surface area (Å²) in [5.41, 5.74) is 2.64. The Balaban J connectivity index is 2.28. The van der Waals surface area contributed by atoms with Crippen molar-refractivity contribution in [3.8, 4) is 6.07 Å². The lowest BCUT2D eigenvalue weighted by Crippen LogP contribution is -2.20. The molecule has 0 spiro atoms. The molecule has 0 saturated carbocycles. The average molecular weight is 290 g/mol. The van der Waals surface area contributed by atoms with Crippen LogP contribution in [0.3, 0.4) is 0 Å². The average Bonchev–Trinajstić information content (AvgIpc) is 2.37. The summed E-state index contributed by atoms with van der Waals surface area (Å²) in [6, 6.07) is 2.08. The normalized spacial score (nSPS) is 14.7. The summed E-state index contributed by atoms with van der Waals surface area (Å²) in [6.45, 7) is 6.68. The van der Waals surface area contributed by atoms with E-state index in [2.05, 4.69) is 31.8 Å². The molecule has 0 unspecified atom stereocenters. The Morgan fingerprint density at radius 3 is 2.50 bits per heavy atom. The first-order valence-electron chi connectivity index (χ1n) is 7.23. The molecule has 0 saturated heterocycles. The van der Waals surface area contributed by atoms with Crippen LogP contribution in [0.4, 0.5) is 0 Å². The number of nitrogens with zero attached hydrogens (tertiary/aromatic N) is 1. The van der Waals surface area contributed by atoms with Gasteiger partial charge in [0.15, 0.2) is 0 Å². The van der Waals surface area contributed by atoms with Crippen molar-refractivity contribution in [3.05, 3.63) is 27.0 Å². The van der Waals surface area contributed by atoms with Gasteiger partial charge >= 0.3 is 0 Å². The number of aromatic nitrogens is 1. The first-order valence-corrected chi connectivity index (χ1v) is 8.22. The highest BCUT2D eigenvalue weighted by molar-refractivity contribution is 7.99. The van der Waals surface area contributed by atoms with Crippen LogP contribution >= 0.6 is 11.8 Å². The molecule has 0 amide bonds. The molecule has 108 valence electrons. The zero-order valence-electron chi connectivity index (χ0n) is 12.5. The van der Waals surface area contributed by atoms with Gasteiger partial charge in [0.05, 0.1) is 5.03 Å². The molecule has 0 atom stereocenters. The highest BCUT2D eigenvalue weighted by Gasteiger charge is 2.21. The smallest absolute Gasteiger partial charge is 0.267 e. The van der Waals surface area contributed by atoms with Crippen molar-refractivity contribution in [2.45, 2.75) is 57.9 Å². The Morgan fingerprint density at radius 2 is 1.90 bits per heavy atom. The van der Waals surface area contributed by atoms with Crippen molar-refractivity contribution in [2.24, 2.45) is 5.41 Å². The van der Waals surface area contributed by atoms with Crippen LogP contribution < -0.4 is 5.56 Å². The summed E-state index contributed by atoms with van der Waals surface area (Å²) in [5, 5.41) is 10.2. The maximum Gasteiger partial charge on any atom is 0.267 e. The molecule has 2 rings (SSSR count). The van der Waals surface area contributed by atoms with E-state index >= 15 is 0 Å². The van der Waals surface area contributed by atoms with Crippen LogP contribution in [-0.2, 0) is 12.8 Å². The summed E-state index contributed by atoms with van der Waals surface area (Å²) in [4.78, 5) is 14.9. The molecule has 0 aromatic carbocycles. The summed E-state index contributed by atoms with van der Waals surface area (Å²) in [6.07, 6.45) is 5.19. The lowest BCUT2D eigenvalue weighted by molar-refractivity contribution is 0.401. The second kappa shape index (κ2) is 6.05. The molecular formula is C16H22N2OS. The lowest BCUT2D eigenvalue weighted by Gasteiger charge is -2.21. The van der Waals surface area contributed by atoms with E-state index < -0.39 is 0 Å². The fourth-order valence-corrected chi connectivity index (χ4v) is 3.99. The predicted octanol–water partition coefficient (Wildman–Crippen LogP) is 3.65. The Bertz CT molecular complexity index is 590. The zero-order chi connectivity index (χ0) is 14.8. The molecule has 0 radical (unpaired) electrons. The molecule has 3 nitrogen and oxygen atoms in total. The van der Waals surface area contributed by atoms with Gasteiger partial charge in [0, 0.05) is 0 Å². The summed E-state index contributed by atoms with van der Waals surface area (Å²) in [7, 11) is 0. The molecule has 0 fully saturated rings. The Kier molecular flexibility index (Phi) is 4.59. The third kappa shape index (κ3) is 3.46. The molecule has 1 aromatic heterocycles. The quantitative estimate of drug-likeness (QED) is 0.864. The largest absolute Gasteiger partial charge is 0.316 e. The number of nitriles is 1. The Morgan fingerprint density at radius 1 is 1.25 bits per heavy atom. The van der Waals surface area contributed by atoms with Crippen LogP contribution in [-0.4, -0.2) is 10.7 Å². The number of fused-ring (bicyclic) bond motifs is 1. The highest BCUT2D eigenvalue weighted by atomic mass is 32.2. The van der Waals surface area contributed by atoms with Gasteiger partial charge in [-0.2, -0.15) is 5.26 Å². The van der Waals surface area contributed by atoms with Crippen molar-refractivity contribution in [1.29, 1.82) is 5.26 Å². The van der Waals surface area contributed by atoms with Gasteiger partial charge in [-0.05, 0) is 54.4 Å². The first-order chi connectivity index (χ1) is 9.42. The van der Waals surface area contributed by atoms with Crippen molar-refractivity contribution in [3.63, 3.8) is 0 Å².